The summed E-state index contributed by atoms with van der Waals surface area (Å²) < 4.78 is 61.6. The van der Waals surface area contributed by atoms with Gasteiger partial charge in [-0.15, -0.1) is 0 Å². The van der Waals surface area contributed by atoms with Crippen molar-refractivity contribution >= 4 is 17.0 Å². The first-order chi connectivity index (χ1) is 18.2. The maximum absolute atomic E-state index is 14.9. The van der Waals surface area contributed by atoms with Gasteiger partial charge in [0.1, 0.15) is 23.1 Å². The fraction of sp³-hybridized carbons (Fsp3) is 0.292. The summed E-state index contributed by atoms with van der Waals surface area (Å²) in [5.74, 6) is -2.10. The first-order valence-corrected chi connectivity index (χ1v) is 11.4. The lowest BCUT2D eigenvalue weighted by atomic mass is 10.1. The summed E-state index contributed by atoms with van der Waals surface area (Å²) in [7, 11) is 0.926. The number of fused-ring (bicyclic) bond motifs is 1. The maximum Gasteiger partial charge on any atom is 0.449 e. The molecule has 0 radical (unpaired) electrons. The van der Waals surface area contributed by atoms with Gasteiger partial charge in [0.2, 0.25) is 17.7 Å². The lowest BCUT2D eigenvalue weighted by Crippen LogP contribution is -2.54. The second kappa shape index (κ2) is 10.4. The van der Waals surface area contributed by atoms with Crippen molar-refractivity contribution in [2.45, 2.75) is 26.1 Å². The SMILES string of the molecule is CC.Cn1c(C(F)(F)F)nc2c(-c3ccc(C#N)cc3F)nc(N3CC(Oc4cnccn4)C3)nc2c1=O. The Bertz CT molecular complexity index is 1580. The molecule has 10 nitrogen and oxygen atoms in total. The number of hydrogen-bond acceptors (Lipinski definition) is 9. The van der Waals surface area contributed by atoms with Gasteiger partial charge in [0.05, 0.1) is 30.9 Å². The van der Waals surface area contributed by atoms with Gasteiger partial charge in [-0.1, -0.05) is 13.8 Å². The van der Waals surface area contributed by atoms with Crippen molar-refractivity contribution in [1.29, 1.82) is 5.26 Å². The second-order valence-electron chi connectivity index (χ2n) is 7.86. The van der Waals surface area contributed by atoms with Crippen LogP contribution in [0.3, 0.4) is 0 Å². The molecule has 1 fully saturated rings. The van der Waals surface area contributed by atoms with E-state index in [9.17, 15) is 22.4 Å². The number of aromatic nitrogens is 6. The highest BCUT2D eigenvalue weighted by atomic mass is 19.4. The minimum Gasteiger partial charge on any atom is -0.469 e. The molecule has 0 spiro atoms. The molecular weight excluding hydrogens is 508 g/mol. The van der Waals surface area contributed by atoms with Gasteiger partial charge in [0.15, 0.2) is 5.52 Å². The molecule has 0 atom stereocenters. The first kappa shape index (κ1) is 26.4. The Labute approximate surface area is 213 Å². The molecule has 4 aromatic rings. The van der Waals surface area contributed by atoms with Crippen molar-refractivity contribution in [3.8, 4) is 23.2 Å². The predicted octanol–water partition coefficient (Wildman–Crippen LogP) is 3.50. The number of nitrogens with zero attached hydrogens (tertiary/aromatic N) is 8. The lowest BCUT2D eigenvalue weighted by molar-refractivity contribution is -0.147. The number of nitriles is 1. The molecule has 5 rings (SSSR count). The Morgan fingerprint density at radius 2 is 1.84 bits per heavy atom. The second-order valence-corrected chi connectivity index (χ2v) is 7.86. The Balaban J connectivity index is 0.00000164. The highest BCUT2D eigenvalue weighted by Gasteiger charge is 2.38. The number of alkyl halides is 3. The van der Waals surface area contributed by atoms with Gasteiger partial charge in [-0.25, -0.2) is 24.3 Å². The minimum atomic E-state index is -4.95. The summed E-state index contributed by atoms with van der Waals surface area (Å²) in [6, 6.07) is 5.18. The molecule has 4 heterocycles. The molecule has 1 aliphatic rings. The zero-order valence-corrected chi connectivity index (χ0v) is 20.4. The van der Waals surface area contributed by atoms with Gasteiger partial charge >= 0.3 is 6.18 Å². The van der Waals surface area contributed by atoms with Crippen LogP contribution in [0.2, 0.25) is 0 Å². The van der Waals surface area contributed by atoms with E-state index in [1.807, 2.05) is 13.8 Å². The van der Waals surface area contributed by atoms with Crippen LogP contribution in [0.5, 0.6) is 5.88 Å². The standard InChI is InChI=1S/C22H14F4N8O2.C2H6/c1-33-19(35)18-17(30-20(33)22(24,25)26)16(13-3-2-11(7-27)6-14(13)23)31-21(32-18)34-9-12(10-34)36-15-8-28-4-5-29-15;1-2/h2-6,8,12H,9-10H2,1H3;1-2H3. The van der Waals surface area contributed by atoms with E-state index in [1.54, 1.807) is 11.0 Å². The van der Waals surface area contributed by atoms with Crippen LogP contribution in [0, 0.1) is 17.1 Å². The van der Waals surface area contributed by atoms with Crippen LogP contribution in [-0.2, 0) is 13.2 Å². The molecule has 3 aromatic heterocycles. The molecule has 196 valence electrons. The van der Waals surface area contributed by atoms with Crippen LogP contribution in [-0.4, -0.2) is 48.7 Å². The first-order valence-electron chi connectivity index (χ1n) is 11.4. The number of rotatable bonds is 4. The van der Waals surface area contributed by atoms with Crippen LogP contribution in [0.4, 0.5) is 23.5 Å². The van der Waals surface area contributed by atoms with Crippen LogP contribution < -0.4 is 15.2 Å². The molecule has 1 aromatic carbocycles. The van der Waals surface area contributed by atoms with E-state index in [0.29, 0.717) is 10.4 Å². The topological polar surface area (TPSA) is 123 Å². The van der Waals surface area contributed by atoms with Gasteiger partial charge < -0.3 is 9.64 Å². The molecule has 1 saturated heterocycles. The Morgan fingerprint density at radius 3 is 2.45 bits per heavy atom. The third-order valence-corrected chi connectivity index (χ3v) is 5.48. The molecule has 14 heteroatoms. The third-order valence-electron chi connectivity index (χ3n) is 5.48. The van der Waals surface area contributed by atoms with Crippen molar-refractivity contribution in [3.63, 3.8) is 0 Å². The molecule has 0 saturated carbocycles. The van der Waals surface area contributed by atoms with E-state index in [0.717, 1.165) is 13.1 Å². The lowest BCUT2D eigenvalue weighted by Gasteiger charge is -2.38. The predicted molar refractivity (Wildman–Crippen MR) is 128 cm³/mol. The highest BCUT2D eigenvalue weighted by Crippen LogP contribution is 2.33. The Hall–Kier alpha value is -4.67. The summed E-state index contributed by atoms with van der Waals surface area (Å²) >= 11 is 0. The average molecular weight is 528 g/mol. The summed E-state index contributed by atoms with van der Waals surface area (Å²) in [5, 5.41) is 9.02. The fourth-order valence-electron chi connectivity index (χ4n) is 3.69. The van der Waals surface area contributed by atoms with Crippen LogP contribution in [0.15, 0.2) is 41.6 Å². The monoisotopic (exact) mass is 528 g/mol. The number of hydrogen-bond donors (Lipinski definition) is 0. The summed E-state index contributed by atoms with van der Waals surface area (Å²) in [6.45, 7) is 4.54. The van der Waals surface area contributed by atoms with Gasteiger partial charge in [-0.3, -0.25) is 14.3 Å². The molecule has 0 N–H and O–H groups in total. The maximum atomic E-state index is 14.9. The molecular formula is C24H20F4N8O2. The van der Waals surface area contributed by atoms with Crippen LogP contribution >= 0.6 is 0 Å². The molecule has 0 amide bonds. The summed E-state index contributed by atoms with van der Waals surface area (Å²) in [6.07, 6.45) is -0.872. The van der Waals surface area contributed by atoms with Crippen LogP contribution in [0.25, 0.3) is 22.3 Å². The van der Waals surface area contributed by atoms with Crippen molar-refractivity contribution in [1.82, 2.24) is 29.5 Å². The van der Waals surface area contributed by atoms with Crippen LogP contribution in [0.1, 0.15) is 25.2 Å². The normalized spacial score (nSPS) is 13.4. The van der Waals surface area contributed by atoms with E-state index in [2.05, 4.69) is 24.9 Å². The molecule has 0 aliphatic carbocycles. The highest BCUT2D eigenvalue weighted by molar-refractivity contribution is 5.90. The van der Waals surface area contributed by atoms with Gasteiger partial charge in [-0.2, -0.15) is 18.4 Å². The molecule has 0 bridgehead atoms. The van der Waals surface area contributed by atoms with Crippen molar-refractivity contribution in [2.24, 2.45) is 7.05 Å². The van der Waals surface area contributed by atoms with Crippen molar-refractivity contribution in [2.75, 3.05) is 18.0 Å². The molecule has 38 heavy (non-hydrogen) atoms. The number of benzene rings is 1. The van der Waals surface area contributed by atoms with E-state index < -0.39 is 34.4 Å². The number of anilines is 1. The fourth-order valence-corrected chi connectivity index (χ4v) is 3.69. The van der Waals surface area contributed by atoms with Gasteiger partial charge in [-0.05, 0) is 18.2 Å². The van der Waals surface area contributed by atoms with Gasteiger partial charge in [0, 0.05) is 25.0 Å². The largest absolute Gasteiger partial charge is 0.469 e. The van der Waals surface area contributed by atoms with Crippen molar-refractivity contribution < 1.29 is 22.3 Å². The summed E-state index contributed by atoms with van der Waals surface area (Å²) in [4.78, 5) is 34.5. The third kappa shape index (κ3) is 4.95. The van der Waals surface area contributed by atoms with E-state index >= 15 is 0 Å². The zero-order chi connectivity index (χ0) is 27.6. The van der Waals surface area contributed by atoms with Crippen molar-refractivity contribution in [3.05, 3.63) is 64.3 Å². The van der Waals surface area contributed by atoms with E-state index in [1.165, 1.54) is 30.7 Å². The minimum absolute atomic E-state index is 0.00133. The average Bonchev–Trinajstić information content (AvgIpc) is 2.88. The Kier molecular flexibility index (Phi) is 7.20. The smallest absolute Gasteiger partial charge is 0.449 e. The molecule has 0 unspecified atom stereocenters. The Morgan fingerprint density at radius 1 is 1.11 bits per heavy atom. The molecule has 1 aliphatic heterocycles. The zero-order valence-electron chi connectivity index (χ0n) is 20.4. The number of halogens is 4. The number of ether oxygens (including phenoxy) is 1. The summed E-state index contributed by atoms with van der Waals surface area (Å²) in [5.41, 5.74) is -2.53. The van der Waals surface area contributed by atoms with Gasteiger partial charge in [0.25, 0.3) is 5.56 Å². The van der Waals surface area contributed by atoms with E-state index in [4.69, 9.17) is 10.00 Å². The van der Waals surface area contributed by atoms with E-state index in [-0.39, 0.29) is 42.0 Å². The quantitative estimate of drug-likeness (QED) is 0.366.